The number of carbonyl (C=O) groups is 1. The van der Waals surface area contributed by atoms with Crippen molar-refractivity contribution < 1.29 is 18.7 Å². The third-order valence-electron chi connectivity index (χ3n) is 6.07. The predicted molar refractivity (Wildman–Crippen MR) is 98.2 cm³/mol. The van der Waals surface area contributed by atoms with E-state index >= 15 is 0 Å². The normalized spacial score (nSPS) is 23.1. The Morgan fingerprint density at radius 3 is 2.19 bits per heavy atom. The first kappa shape index (κ1) is 16.7. The van der Waals surface area contributed by atoms with E-state index in [4.69, 9.17) is 0 Å². The number of hydrogen-bond donors (Lipinski definition) is 1. The van der Waals surface area contributed by atoms with Gasteiger partial charge in [0, 0.05) is 40.3 Å². The molecule has 1 aliphatic heterocycles. The average molecular weight is 370 g/mol. The number of hydrogen-bond acceptors (Lipinski definition) is 2. The number of likely N-dealkylation sites (tertiary alicyclic amines) is 1. The Kier molecular flexibility index (Phi) is 3.72. The molecule has 1 aromatic heterocycles. The van der Waals surface area contributed by atoms with Gasteiger partial charge in [0.05, 0.1) is 12.6 Å². The minimum Gasteiger partial charge on any atom is -0.389 e. The van der Waals surface area contributed by atoms with Crippen LogP contribution in [0.5, 0.6) is 0 Å². The second kappa shape index (κ2) is 6.02. The van der Waals surface area contributed by atoms with E-state index in [0.717, 1.165) is 30.3 Å². The first-order chi connectivity index (χ1) is 13.0. The number of carbonyl (C=O) groups excluding carboxylic acids is 1. The monoisotopic (exact) mass is 370 g/mol. The Bertz CT molecular complexity index is 1000. The van der Waals surface area contributed by atoms with Crippen molar-refractivity contribution in [2.75, 3.05) is 6.54 Å². The van der Waals surface area contributed by atoms with Gasteiger partial charge in [-0.1, -0.05) is 0 Å². The summed E-state index contributed by atoms with van der Waals surface area (Å²) in [5.74, 6) is -0.492. The molecule has 2 fully saturated rings. The summed E-state index contributed by atoms with van der Waals surface area (Å²) >= 11 is 0. The lowest BCUT2D eigenvalue weighted by atomic mass is 10.1. The highest BCUT2D eigenvalue weighted by molar-refractivity contribution is 6.08. The molecular weight excluding hydrogens is 350 g/mol. The third-order valence-corrected chi connectivity index (χ3v) is 6.07. The van der Waals surface area contributed by atoms with Gasteiger partial charge >= 0.3 is 0 Å². The fourth-order valence-electron chi connectivity index (χ4n) is 4.86. The van der Waals surface area contributed by atoms with Crippen LogP contribution in [-0.4, -0.2) is 39.2 Å². The Morgan fingerprint density at radius 1 is 1.00 bits per heavy atom. The van der Waals surface area contributed by atoms with Crippen molar-refractivity contribution >= 4 is 27.7 Å². The van der Waals surface area contributed by atoms with Crippen LogP contribution < -0.4 is 0 Å². The van der Waals surface area contributed by atoms with Crippen LogP contribution in [0.15, 0.2) is 36.4 Å². The summed E-state index contributed by atoms with van der Waals surface area (Å²) in [6, 6.07) is 9.06. The fourth-order valence-corrected chi connectivity index (χ4v) is 4.86. The van der Waals surface area contributed by atoms with E-state index in [2.05, 4.69) is 0 Å². The predicted octanol–water partition coefficient (Wildman–Crippen LogP) is 3.44. The molecule has 1 aliphatic carbocycles. The van der Waals surface area contributed by atoms with E-state index in [0.29, 0.717) is 17.3 Å². The number of aliphatic hydroxyl groups excluding tert-OH is 1. The topological polar surface area (TPSA) is 45.5 Å². The van der Waals surface area contributed by atoms with Gasteiger partial charge < -0.3 is 14.6 Å². The molecule has 2 aromatic carbocycles. The Hall–Kier alpha value is -2.47. The molecule has 6 heteroatoms. The van der Waals surface area contributed by atoms with Gasteiger partial charge in [0.1, 0.15) is 11.6 Å². The highest BCUT2D eigenvalue weighted by atomic mass is 19.1. The first-order valence-corrected chi connectivity index (χ1v) is 9.37. The molecule has 1 saturated carbocycles. The van der Waals surface area contributed by atoms with Crippen LogP contribution in [0.3, 0.4) is 0 Å². The van der Waals surface area contributed by atoms with Crippen molar-refractivity contribution in [3.8, 4) is 0 Å². The molecule has 27 heavy (non-hydrogen) atoms. The van der Waals surface area contributed by atoms with E-state index in [-0.39, 0.29) is 36.0 Å². The maximum absolute atomic E-state index is 13.7. The zero-order valence-corrected chi connectivity index (χ0v) is 14.7. The number of aliphatic hydroxyl groups is 1. The summed E-state index contributed by atoms with van der Waals surface area (Å²) in [5.41, 5.74) is 1.48. The second-order valence-corrected chi connectivity index (χ2v) is 7.74. The smallest absolute Gasteiger partial charge is 0.226 e. The average Bonchev–Trinajstić information content (AvgIpc) is 3.30. The van der Waals surface area contributed by atoms with Gasteiger partial charge in [0.15, 0.2) is 0 Å². The van der Waals surface area contributed by atoms with Crippen molar-refractivity contribution in [1.82, 2.24) is 9.47 Å². The van der Waals surface area contributed by atoms with Crippen molar-refractivity contribution in [3.63, 3.8) is 0 Å². The number of piperidine rings is 1. The molecule has 3 unspecified atom stereocenters. The van der Waals surface area contributed by atoms with Crippen molar-refractivity contribution in [1.29, 1.82) is 0 Å². The maximum atomic E-state index is 13.7. The number of benzene rings is 2. The van der Waals surface area contributed by atoms with E-state index in [1.165, 1.54) is 24.3 Å². The summed E-state index contributed by atoms with van der Waals surface area (Å²) in [6.07, 6.45) is 2.12. The molecule has 0 radical (unpaired) electrons. The van der Waals surface area contributed by atoms with Crippen molar-refractivity contribution in [3.05, 3.63) is 48.0 Å². The number of nitrogens with zero attached hydrogens (tertiary/aromatic N) is 2. The molecule has 3 aromatic rings. The molecule has 4 nitrogen and oxygen atoms in total. The van der Waals surface area contributed by atoms with Gasteiger partial charge in [-0.25, -0.2) is 8.78 Å². The van der Waals surface area contributed by atoms with Crippen molar-refractivity contribution in [2.24, 2.45) is 5.92 Å². The van der Waals surface area contributed by atoms with E-state index < -0.39 is 6.10 Å². The summed E-state index contributed by atoms with van der Waals surface area (Å²) in [5, 5.41) is 11.9. The standard InChI is InChI=1S/C21H20F2N2O2/c22-13-2-5-19-17(8-13)18-9-14(23)3-6-20(18)25(19)11-16(26)10-24-15-4-1-12(7-15)21(24)27/h2-3,5-6,8-9,12,15-16,26H,1,4,7,10-11H2. The van der Waals surface area contributed by atoms with Crippen LogP contribution in [0, 0.1) is 17.6 Å². The van der Waals surface area contributed by atoms with Crippen LogP contribution >= 0.6 is 0 Å². The van der Waals surface area contributed by atoms with Gasteiger partial charge in [-0.05, 0) is 55.7 Å². The summed E-state index contributed by atoms with van der Waals surface area (Å²) in [4.78, 5) is 14.1. The molecule has 2 aliphatic rings. The quantitative estimate of drug-likeness (QED) is 0.765. The van der Waals surface area contributed by atoms with E-state index in [9.17, 15) is 18.7 Å². The zero-order chi connectivity index (χ0) is 18.7. The molecule has 1 N–H and O–H groups in total. The molecule has 3 atom stereocenters. The van der Waals surface area contributed by atoms with Gasteiger partial charge in [-0.15, -0.1) is 0 Å². The second-order valence-electron chi connectivity index (χ2n) is 7.74. The number of fused-ring (bicyclic) bond motifs is 5. The lowest BCUT2D eigenvalue weighted by Crippen LogP contribution is -2.43. The summed E-state index contributed by atoms with van der Waals surface area (Å²) < 4.78 is 29.4. The molecule has 1 saturated heterocycles. The third kappa shape index (κ3) is 2.62. The molecular formula is C21H20F2N2O2. The Balaban J connectivity index is 1.49. The Labute approximate surface area is 155 Å². The largest absolute Gasteiger partial charge is 0.389 e. The van der Waals surface area contributed by atoms with Crippen molar-refractivity contribution in [2.45, 2.75) is 38.0 Å². The van der Waals surface area contributed by atoms with Crippen LogP contribution in [0.4, 0.5) is 8.78 Å². The highest BCUT2D eigenvalue weighted by Gasteiger charge is 2.44. The van der Waals surface area contributed by atoms with E-state index in [1.807, 2.05) is 9.47 Å². The fraction of sp³-hybridized carbons (Fsp3) is 0.381. The number of rotatable bonds is 4. The molecule has 2 bridgehead atoms. The SMILES string of the molecule is O=C1C2CCC(C2)N1CC(O)Cn1c2ccc(F)cc2c2cc(F)ccc21. The minimum absolute atomic E-state index is 0.126. The first-order valence-electron chi connectivity index (χ1n) is 9.37. The van der Waals surface area contributed by atoms with E-state index in [1.54, 1.807) is 12.1 Å². The van der Waals surface area contributed by atoms with Gasteiger partial charge in [0.2, 0.25) is 5.91 Å². The van der Waals surface area contributed by atoms with Gasteiger partial charge in [-0.2, -0.15) is 0 Å². The molecule has 0 spiro atoms. The molecule has 2 heterocycles. The molecule has 1 amide bonds. The zero-order valence-electron chi connectivity index (χ0n) is 14.7. The van der Waals surface area contributed by atoms with Gasteiger partial charge in [-0.3, -0.25) is 4.79 Å². The number of aromatic nitrogens is 1. The molecule has 140 valence electrons. The van der Waals surface area contributed by atoms with Gasteiger partial charge in [0.25, 0.3) is 0 Å². The highest BCUT2D eigenvalue weighted by Crippen LogP contribution is 2.38. The maximum Gasteiger partial charge on any atom is 0.226 e. The number of β-amino-alcohol motifs (C(OH)–C–C–N with tert-alkyl or cyclic N) is 1. The number of halogens is 2. The number of amides is 1. The summed E-state index contributed by atoms with van der Waals surface area (Å²) in [7, 11) is 0. The summed E-state index contributed by atoms with van der Waals surface area (Å²) in [6.45, 7) is 0.558. The van der Waals surface area contributed by atoms with Crippen LogP contribution in [0.2, 0.25) is 0 Å². The lowest BCUT2D eigenvalue weighted by Gasteiger charge is -2.29. The van der Waals surface area contributed by atoms with Crippen LogP contribution in [0.25, 0.3) is 21.8 Å². The van der Waals surface area contributed by atoms with Crippen LogP contribution in [-0.2, 0) is 11.3 Å². The minimum atomic E-state index is -0.748. The lowest BCUT2D eigenvalue weighted by molar-refractivity contribution is -0.135. The van der Waals surface area contributed by atoms with Crippen LogP contribution in [0.1, 0.15) is 19.3 Å². The Morgan fingerprint density at radius 2 is 1.63 bits per heavy atom. The molecule has 5 rings (SSSR count).